The minimum Gasteiger partial charge on any atom is -0.479 e. The molecule has 4 N–H and O–H groups in total. The van der Waals surface area contributed by atoms with Gasteiger partial charge < -0.3 is 34.6 Å². The lowest BCUT2D eigenvalue weighted by atomic mass is 9.73. The molecule has 232 valence electrons. The van der Waals surface area contributed by atoms with Crippen molar-refractivity contribution in [2.24, 2.45) is 11.3 Å². The normalized spacial score (nSPS) is 39.7. The number of rotatable bonds is 6. The number of carbonyl (C=O) groups excluding carboxylic acids is 1. The van der Waals surface area contributed by atoms with E-state index in [0.717, 1.165) is 5.57 Å². The summed E-state index contributed by atoms with van der Waals surface area (Å²) in [4.78, 5) is 23.7. The van der Waals surface area contributed by atoms with Gasteiger partial charge in [0.2, 0.25) is 0 Å². The summed E-state index contributed by atoms with van der Waals surface area (Å²) in [5.74, 6) is -1.86. The number of allylic oxidation sites excluding steroid dienone is 6. The highest BCUT2D eigenvalue weighted by Crippen LogP contribution is 2.41. The van der Waals surface area contributed by atoms with Gasteiger partial charge in [0, 0.05) is 31.3 Å². The molecule has 9 heteroatoms. The maximum atomic E-state index is 12.8. The molecule has 0 spiro atoms. The van der Waals surface area contributed by atoms with Gasteiger partial charge in [-0.15, -0.1) is 0 Å². The number of ether oxygens (including phenoxy) is 3. The fraction of sp³-hybridized carbons (Fsp3) is 0.576. The highest BCUT2D eigenvalue weighted by molar-refractivity contribution is 5.82. The molecule has 0 aliphatic carbocycles. The number of carbonyl (C=O) groups is 2. The Morgan fingerprint density at radius 2 is 1.93 bits per heavy atom. The fourth-order valence-electron chi connectivity index (χ4n) is 5.44. The SMILES string of the molecule is CC1=C\C2OC(C/C=C/C=C/C(=O)OC3CC(/C=C/C\C=C\1)OC(C/C=C\CC(O)C(=O)O)C3(C)CO)CC(O)C2C. The predicted molar refractivity (Wildman–Crippen MR) is 158 cm³/mol. The first-order valence-corrected chi connectivity index (χ1v) is 14.7. The molecule has 0 amide bonds. The van der Waals surface area contributed by atoms with E-state index in [2.05, 4.69) is 6.08 Å². The number of hydrogen-bond donors (Lipinski definition) is 4. The van der Waals surface area contributed by atoms with Crippen LogP contribution in [-0.2, 0) is 23.8 Å². The molecule has 3 heterocycles. The number of hydrogen-bond acceptors (Lipinski definition) is 8. The van der Waals surface area contributed by atoms with E-state index in [9.17, 15) is 24.9 Å². The summed E-state index contributed by atoms with van der Waals surface area (Å²) >= 11 is 0. The highest BCUT2D eigenvalue weighted by Gasteiger charge is 2.49. The quantitative estimate of drug-likeness (QED) is 0.269. The summed E-state index contributed by atoms with van der Waals surface area (Å²) in [6.45, 7) is 5.52. The third-order valence-electron chi connectivity index (χ3n) is 8.31. The largest absolute Gasteiger partial charge is 0.479 e. The molecule has 2 saturated heterocycles. The number of aliphatic hydroxyl groups is 3. The van der Waals surface area contributed by atoms with E-state index in [0.29, 0.717) is 32.1 Å². The molecule has 9 unspecified atom stereocenters. The molecule has 9 nitrogen and oxygen atoms in total. The average molecular weight is 587 g/mol. The van der Waals surface area contributed by atoms with Gasteiger partial charge in [0.1, 0.15) is 6.10 Å². The van der Waals surface area contributed by atoms with Gasteiger partial charge in [0.25, 0.3) is 0 Å². The van der Waals surface area contributed by atoms with E-state index < -0.39 is 41.8 Å². The molecular formula is C33H46O9. The molecule has 0 saturated carbocycles. The van der Waals surface area contributed by atoms with Crippen LogP contribution in [0.2, 0.25) is 0 Å². The Morgan fingerprint density at radius 1 is 1.14 bits per heavy atom. The van der Waals surface area contributed by atoms with Gasteiger partial charge in [0.15, 0.2) is 6.10 Å². The third kappa shape index (κ3) is 9.61. The van der Waals surface area contributed by atoms with Crippen molar-refractivity contribution >= 4 is 11.9 Å². The molecule has 2 fully saturated rings. The van der Waals surface area contributed by atoms with E-state index >= 15 is 0 Å². The Labute approximate surface area is 248 Å². The van der Waals surface area contributed by atoms with Crippen LogP contribution in [0.5, 0.6) is 0 Å². The number of aliphatic hydroxyl groups excluding tert-OH is 3. The zero-order chi connectivity index (χ0) is 30.7. The van der Waals surface area contributed by atoms with Crippen molar-refractivity contribution in [3.63, 3.8) is 0 Å². The Hall–Kier alpha value is -2.82. The zero-order valence-corrected chi connectivity index (χ0v) is 24.7. The van der Waals surface area contributed by atoms with Crippen molar-refractivity contribution in [3.05, 3.63) is 72.4 Å². The second kappa shape index (κ2) is 16.1. The van der Waals surface area contributed by atoms with Crippen LogP contribution in [0.25, 0.3) is 0 Å². The van der Waals surface area contributed by atoms with Crippen molar-refractivity contribution in [3.8, 4) is 0 Å². The van der Waals surface area contributed by atoms with Gasteiger partial charge in [-0.1, -0.05) is 80.2 Å². The van der Waals surface area contributed by atoms with Gasteiger partial charge in [-0.05, 0) is 26.2 Å². The number of carboxylic acid groups (broad SMARTS) is 1. The summed E-state index contributed by atoms with van der Waals surface area (Å²) in [7, 11) is 0. The zero-order valence-electron chi connectivity index (χ0n) is 24.7. The van der Waals surface area contributed by atoms with Gasteiger partial charge >= 0.3 is 11.9 Å². The standard InChI is InChI=1S/C33H46O9/c1-22-12-6-4-7-14-25-20-30(33(3,21-34)29(41-25)16-11-10-15-26(35)32(38)39)42-31(37)17-9-5-8-13-24-19-27(36)23(2)28(18-22)40-24/h5-12,14,17-18,23-30,34-36H,4,13,15-16,19-21H2,1-3H3,(H,38,39)/b8-5+,11-10-,12-6+,14-7+,17-9+,22-18+. The van der Waals surface area contributed by atoms with Crippen LogP contribution in [0.15, 0.2) is 72.4 Å². The summed E-state index contributed by atoms with van der Waals surface area (Å²) in [6, 6.07) is 0. The monoisotopic (exact) mass is 586 g/mol. The first-order chi connectivity index (χ1) is 20.0. The van der Waals surface area contributed by atoms with Crippen LogP contribution in [0.4, 0.5) is 0 Å². The van der Waals surface area contributed by atoms with Crippen molar-refractivity contribution in [2.45, 2.75) is 102 Å². The highest BCUT2D eigenvalue weighted by atomic mass is 16.6. The lowest BCUT2D eigenvalue weighted by molar-refractivity contribution is -0.198. The number of aliphatic carboxylic acids is 1. The summed E-state index contributed by atoms with van der Waals surface area (Å²) in [5, 5.41) is 39.4. The van der Waals surface area contributed by atoms with Crippen molar-refractivity contribution in [2.75, 3.05) is 6.61 Å². The Morgan fingerprint density at radius 3 is 2.67 bits per heavy atom. The van der Waals surface area contributed by atoms with Crippen LogP contribution in [-0.4, -0.2) is 81.7 Å². The van der Waals surface area contributed by atoms with E-state index in [4.69, 9.17) is 19.3 Å². The lowest BCUT2D eigenvalue weighted by Crippen LogP contribution is -2.55. The molecule has 0 aromatic heterocycles. The minimum absolute atomic E-state index is 0.0213. The molecule has 3 aliphatic rings. The van der Waals surface area contributed by atoms with E-state index in [1.54, 1.807) is 24.3 Å². The predicted octanol–water partition coefficient (Wildman–Crippen LogP) is 3.96. The summed E-state index contributed by atoms with van der Waals surface area (Å²) in [5.41, 5.74) is 0.130. The summed E-state index contributed by atoms with van der Waals surface area (Å²) in [6.07, 6.45) is 18.5. The first-order valence-electron chi connectivity index (χ1n) is 14.7. The number of esters is 1. The van der Waals surface area contributed by atoms with Gasteiger partial charge in [-0.3, -0.25) is 0 Å². The average Bonchev–Trinajstić information content (AvgIpc) is 2.94. The molecule has 0 aromatic carbocycles. The van der Waals surface area contributed by atoms with Crippen molar-refractivity contribution in [1.29, 1.82) is 0 Å². The van der Waals surface area contributed by atoms with Crippen LogP contribution < -0.4 is 0 Å². The molecule has 9 atom stereocenters. The van der Waals surface area contributed by atoms with Crippen molar-refractivity contribution < 1.29 is 44.2 Å². The maximum absolute atomic E-state index is 12.8. The molecule has 0 radical (unpaired) electrons. The van der Waals surface area contributed by atoms with E-state index in [1.165, 1.54) is 6.08 Å². The Kier molecular flexibility index (Phi) is 12.9. The summed E-state index contributed by atoms with van der Waals surface area (Å²) < 4.78 is 18.5. The van der Waals surface area contributed by atoms with Crippen molar-refractivity contribution in [1.82, 2.24) is 0 Å². The topological polar surface area (TPSA) is 143 Å². The molecule has 4 bridgehead atoms. The van der Waals surface area contributed by atoms with Crippen LogP contribution >= 0.6 is 0 Å². The number of carboxylic acids is 1. The third-order valence-corrected chi connectivity index (χ3v) is 8.31. The molecule has 42 heavy (non-hydrogen) atoms. The van der Waals surface area contributed by atoms with Gasteiger partial charge in [0.05, 0.1) is 42.5 Å². The molecule has 3 aliphatic heterocycles. The van der Waals surface area contributed by atoms with Gasteiger partial charge in [-0.2, -0.15) is 0 Å². The van der Waals surface area contributed by atoms with E-state index in [-0.39, 0.29) is 37.3 Å². The Bertz CT molecular complexity index is 1090. The van der Waals surface area contributed by atoms with Crippen LogP contribution in [0, 0.1) is 11.3 Å². The minimum atomic E-state index is -1.49. The number of fused-ring (bicyclic) bond motifs is 4. The molecule has 3 rings (SSSR count). The fourth-order valence-corrected chi connectivity index (χ4v) is 5.44. The second-order valence-electron chi connectivity index (χ2n) is 11.7. The van der Waals surface area contributed by atoms with E-state index in [1.807, 2.05) is 51.2 Å². The van der Waals surface area contributed by atoms with Crippen LogP contribution in [0.1, 0.15) is 59.3 Å². The lowest BCUT2D eigenvalue weighted by Gasteiger charge is -2.47. The molecular weight excluding hydrogens is 540 g/mol. The van der Waals surface area contributed by atoms with Crippen LogP contribution in [0.3, 0.4) is 0 Å². The Balaban J connectivity index is 1.82. The second-order valence-corrected chi connectivity index (χ2v) is 11.7. The maximum Gasteiger partial charge on any atom is 0.332 e. The van der Waals surface area contributed by atoms with Gasteiger partial charge in [-0.25, -0.2) is 9.59 Å². The first kappa shape index (κ1) is 33.7. The smallest absolute Gasteiger partial charge is 0.332 e. The molecule has 0 aromatic rings.